The SMILES string of the molecule is CC(NC(=O)[C@@H]1CCCNC1)c1ccc(Cl)s1.Cl. The second-order valence-corrected chi connectivity index (χ2v) is 6.16. The van der Waals surface area contributed by atoms with E-state index in [1.165, 1.54) is 11.3 Å². The summed E-state index contributed by atoms with van der Waals surface area (Å²) < 4.78 is 0.764. The Kier molecular flexibility index (Phi) is 6.43. The first-order valence-corrected chi connectivity index (χ1v) is 7.12. The van der Waals surface area contributed by atoms with E-state index in [1.807, 2.05) is 19.1 Å². The molecule has 0 bridgehead atoms. The largest absolute Gasteiger partial charge is 0.348 e. The first kappa shape index (κ1) is 15.8. The fraction of sp³-hybridized carbons (Fsp3) is 0.583. The fourth-order valence-corrected chi connectivity index (χ4v) is 3.10. The van der Waals surface area contributed by atoms with E-state index < -0.39 is 0 Å². The van der Waals surface area contributed by atoms with Crippen LogP contribution in [0.1, 0.15) is 30.7 Å². The second kappa shape index (κ2) is 7.34. The number of halogens is 2. The maximum atomic E-state index is 12.0. The van der Waals surface area contributed by atoms with Gasteiger partial charge in [0.15, 0.2) is 0 Å². The van der Waals surface area contributed by atoms with E-state index in [0.29, 0.717) is 0 Å². The lowest BCUT2D eigenvalue weighted by atomic mass is 9.98. The van der Waals surface area contributed by atoms with Gasteiger partial charge in [0.2, 0.25) is 5.91 Å². The Morgan fingerprint density at radius 3 is 2.94 bits per heavy atom. The molecule has 18 heavy (non-hydrogen) atoms. The molecule has 6 heteroatoms. The molecule has 0 spiro atoms. The number of hydrogen-bond acceptors (Lipinski definition) is 3. The van der Waals surface area contributed by atoms with Crippen molar-refractivity contribution in [1.82, 2.24) is 10.6 Å². The van der Waals surface area contributed by atoms with Crippen LogP contribution >= 0.6 is 35.3 Å². The van der Waals surface area contributed by atoms with Gasteiger partial charge in [-0.15, -0.1) is 23.7 Å². The van der Waals surface area contributed by atoms with Crippen LogP contribution in [0.3, 0.4) is 0 Å². The summed E-state index contributed by atoms with van der Waals surface area (Å²) in [4.78, 5) is 13.1. The molecule has 0 aliphatic carbocycles. The maximum Gasteiger partial charge on any atom is 0.224 e. The van der Waals surface area contributed by atoms with Gasteiger partial charge in [-0.3, -0.25) is 4.79 Å². The fourth-order valence-electron chi connectivity index (χ4n) is 2.04. The molecule has 1 aromatic heterocycles. The highest BCUT2D eigenvalue weighted by atomic mass is 35.5. The molecule has 1 saturated heterocycles. The molecule has 0 saturated carbocycles. The molecular formula is C12H18Cl2N2OS. The third-order valence-electron chi connectivity index (χ3n) is 3.05. The van der Waals surface area contributed by atoms with Crippen molar-refractivity contribution in [2.45, 2.75) is 25.8 Å². The molecule has 1 aliphatic rings. The first-order chi connectivity index (χ1) is 8.16. The Morgan fingerprint density at radius 2 is 2.39 bits per heavy atom. The van der Waals surface area contributed by atoms with Crippen LogP contribution in [0.4, 0.5) is 0 Å². The van der Waals surface area contributed by atoms with Crippen molar-refractivity contribution in [3.05, 3.63) is 21.3 Å². The van der Waals surface area contributed by atoms with Crippen molar-refractivity contribution < 1.29 is 4.79 Å². The minimum atomic E-state index is 0. The molecule has 3 nitrogen and oxygen atoms in total. The summed E-state index contributed by atoms with van der Waals surface area (Å²) >= 11 is 7.41. The van der Waals surface area contributed by atoms with Crippen LogP contribution in [0.15, 0.2) is 12.1 Å². The van der Waals surface area contributed by atoms with Gasteiger partial charge in [-0.2, -0.15) is 0 Å². The quantitative estimate of drug-likeness (QED) is 0.901. The lowest BCUT2D eigenvalue weighted by Crippen LogP contribution is -2.41. The van der Waals surface area contributed by atoms with Crippen LogP contribution in [0.5, 0.6) is 0 Å². The minimum absolute atomic E-state index is 0. The number of carbonyl (C=O) groups is 1. The molecule has 1 amide bonds. The summed E-state index contributed by atoms with van der Waals surface area (Å²) in [6.45, 7) is 3.82. The monoisotopic (exact) mass is 308 g/mol. The van der Waals surface area contributed by atoms with Crippen LogP contribution < -0.4 is 10.6 Å². The first-order valence-electron chi connectivity index (χ1n) is 5.93. The van der Waals surface area contributed by atoms with Gasteiger partial charge in [0.05, 0.1) is 16.3 Å². The lowest BCUT2D eigenvalue weighted by molar-refractivity contribution is -0.126. The maximum absolute atomic E-state index is 12.0. The molecule has 1 unspecified atom stereocenters. The van der Waals surface area contributed by atoms with E-state index in [0.717, 1.165) is 35.1 Å². The summed E-state index contributed by atoms with van der Waals surface area (Å²) in [6.07, 6.45) is 2.06. The summed E-state index contributed by atoms with van der Waals surface area (Å²) in [5.41, 5.74) is 0. The van der Waals surface area contributed by atoms with E-state index in [-0.39, 0.29) is 30.3 Å². The van der Waals surface area contributed by atoms with Crippen molar-refractivity contribution >= 4 is 41.3 Å². The molecular weight excluding hydrogens is 291 g/mol. The molecule has 1 fully saturated rings. The highest BCUT2D eigenvalue weighted by Crippen LogP contribution is 2.27. The molecule has 2 heterocycles. The van der Waals surface area contributed by atoms with E-state index in [2.05, 4.69) is 10.6 Å². The topological polar surface area (TPSA) is 41.1 Å². The minimum Gasteiger partial charge on any atom is -0.348 e. The highest BCUT2D eigenvalue weighted by molar-refractivity contribution is 7.16. The number of hydrogen-bond donors (Lipinski definition) is 2. The van der Waals surface area contributed by atoms with Crippen molar-refractivity contribution in [3.63, 3.8) is 0 Å². The molecule has 1 aliphatic heterocycles. The molecule has 0 radical (unpaired) electrons. The van der Waals surface area contributed by atoms with Gasteiger partial charge in [-0.25, -0.2) is 0 Å². The van der Waals surface area contributed by atoms with Crippen molar-refractivity contribution in [2.75, 3.05) is 13.1 Å². The third kappa shape index (κ3) is 4.12. The van der Waals surface area contributed by atoms with E-state index >= 15 is 0 Å². The second-order valence-electron chi connectivity index (χ2n) is 4.42. The van der Waals surface area contributed by atoms with Crippen molar-refractivity contribution in [2.24, 2.45) is 5.92 Å². The van der Waals surface area contributed by atoms with Gasteiger partial charge < -0.3 is 10.6 Å². The van der Waals surface area contributed by atoms with Gasteiger partial charge in [0, 0.05) is 11.4 Å². The van der Waals surface area contributed by atoms with Crippen molar-refractivity contribution in [3.8, 4) is 0 Å². The Labute approximate surface area is 123 Å². The Hall–Kier alpha value is -0.290. The molecule has 0 aromatic carbocycles. The molecule has 102 valence electrons. The molecule has 2 atom stereocenters. The summed E-state index contributed by atoms with van der Waals surface area (Å²) in [5, 5.41) is 6.31. The van der Waals surface area contributed by atoms with Gasteiger partial charge >= 0.3 is 0 Å². The standard InChI is InChI=1S/C12H17ClN2OS.ClH/c1-8(10-4-5-11(13)17-10)15-12(16)9-3-2-6-14-7-9;/h4-5,8-9,14H,2-3,6-7H2,1H3,(H,15,16);1H/t8?,9-;/m1./s1. The normalized spacial score (nSPS) is 20.9. The zero-order chi connectivity index (χ0) is 12.3. The highest BCUT2D eigenvalue weighted by Gasteiger charge is 2.22. The van der Waals surface area contributed by atoms with E-state index in [1.54, 1.807) is 0 Å². The predicted octanol–water partition coefficient (Wildman–Crippen LogP) is 3.00. The average molecular weight is 309 g/mol. The average Bonchev–Trinajstić information content (AvgIpc) is 2.77. The number of carbonyl (C=O) groups excluding carboxylic acids is 1. The number of piperidine rings is 1. The summed E-state index contributed by atoms with van der Waals surface area (Å²) in [6, 6.07) is 3.88. The number of rotatable bonds is 3. The molecule has 2 rings (SSSR count). The Balaban J connectivity index is 0.00000162. The zero-order valence-corrected chi connectivity index (χ0v) is 12.6. The smallest absolute Gasteiger partial charge is 0.224 e. The number of amides is 1. The Morgan fingerprint density at radius 1 is 1.61 bits per heavy atom. The Bertz CT molecular complexity index is 391. The number of nitrogens with one attached hydrogen (secondary N) is 2. The van der Waals surface area contributed by atoms with Gasteiger partial charge in [0.25, 0.3) is 0 Å². The van der Waals surface area contributed by atoms with Crippen molar-refractivity contribution in [1.29, 1.82) is 0 Å². The summed E-state index contributed by atoms with van der Waals surface area (Å²) in [5.74, 6) is 0.260. The van der Waals surface area contributed by atoms with Crippen LogP contribution in [0.25, 0.3) is 0 Å². The van der Waals surface area contributed by atoms with E-state index in [9.17, 15) is 4.79 Å². The lowest BCUT2D eigenvalue weighted by Gasteiger charge is -2.23. The zero-order valence-electron chi connectivity index (χ0n) is 10.2. The summed E-state index contributed by atoms with van der Waals surface area (Å²) in [7, 11) is 0. The molecule has 1 aromatic rings. The van der Waals surface area contributed by atoms with Crippen LogP contribution in [0.2, 0.25) is 4.34 Å². The number of thiophene rings is 1. The van der Waals surface area contributed by atoms with Gasteiger partial charge in [-0.05, 0) is 38.4 Å². The third-order valence-corrected chi connectivity index (χ3v) is 4.46. The van der Waals surface area contributed by atoms with Gasteiger partial charge in [0.1, 0.15) is 0 Å². The van der Waals surface area contributed by atoms with E-state index in [4.69, 9.17) is 11.6 Å². The molecule has 2 N–H and O–H groups in total. The van der Waals surface area contributed by atoms with Crippen LogP contribution in [-0.2, 0) is 4.79 Å². The van der Waals surface area contributed by atoms with Crippen LogP contribution in [-0.4, -0.2) is 19.0 Å². The van der Waals surface area contributed by atoms with Gasteiger partial charge in [-0.1, -0.05) is 11.6 Å². The predicted molar refractivity (Wildman–Crippen MR) is 78.7 cm³/mol. The van der Waals surface area contributed by atoms with Crippen LogP contribution in [0, 0.1) is 5.92 Å².